The molecule has 100 valence electrons. The molecule has 0 radical (unpaired) electrons. The van der Waals surface area contributed by atoms with Crippen molar-refractivity contribution in [3.8, 4) is 0 Å². The van der Waals surface area contributed by atoms with Gasteiger partial charge in [-0.25, -0.2) is 0 Å². The number of morpholine rings is 1. The molecule has 1 saturated heterocycles. The third kappa shape index (κ3) is 2.81. The Morgan fingerprint density at radius 3 is 2.83 bits per heavy atom. The van der Waals surface area contributed by atoms with Crippen LogP contribution in [0.25, 0.3) is 0 Å². The zero-order chi connectivity index (χ0) is 13.1. The van der Waals surface area contributed by atoms with Gasteiger partial charge in [-0.1, -0.05) is 36.2 Å². The lowest BCUT2D eigenvalue weighted by Gasteiger charge is -2.41. The van der Waals surface area contributed by atoms with Crippen LogP contribution in [0.1, 0.15) is 18.5 Å². The molecule has 2 unspecified atom stereocenters. The minimum Gasteiger partial charge on any atom is -0.374 e. The predicted molar refractivity (Wildman–Crippen MR) is 75.2 cm³/mol. The van der Waals surface area contributed by atoms with Crippen LogP contribution in [-0.4, -0.2) is 37.2 Å². The Morgan fingerprint density at radius 1 is 1.44 bits per heavy atom. The molecule has 1 fully saturated rings. The van der Waals surface area contributed by atoms with Crippen molar-refractivity contribution in [1.82, 2.24) is 4.90 Å². The summed E-state index contributed by atoms with van der Waals surface area (Å²) in [5, 5.41) is 1.32. The Morgan fingerprint density at radius 2 is 2.22 bits per heavy atom. The van der Waals surface area contributed by atoms with Gasteiger partial charge < -0.3 is 10.5 Å². The molecule has 3 nitrogen and oxygen atoms in total. The number of benzene rings is 1. The van der Waals surface area contributed by atoms with Gasteiger partial charge in [-0.15, -0.1) is 0 Å². The molecule has 1 aromatic carbocycles. The van der Waals surface area contributed by atoms with E-state index in [0.717, 1.165) is 25.3 Å². The van der Waals surface area contributed by atoms with Gasteiger partial charge in [0.05, 0.1) is 18.8 Å². The molecule has 0 spiro atoms. The monoisotopic (exact) mass is 288 g/mol. The predicted octanol–water partition coefficient (Wildman–Crippen LogP) is 2.71. The molecule has 0 saturated carbocycles. The highest BCUT2D eigenvalue weighted by Crippen LogP contribution is 2.34. The van der Waals surface area contributed by atoms with E-state index in [0.29, 0.717) is 16.6 Å². The quantitative estimate of drug-likeness (QED) is 0.930. The Hall–Kier alpha value is -0.320. The molecule has 0 amide bonds. The number of nitrogens with zero attached hydrogens (tertiary/aromatic N) is 1. The number of likely N-dealkylation sites (N-methyl/N-ethyl adjacent to an activating group) is 1. The standard InChI is InChI=1S/C13H18Cl2N2O/c1-2-17-5-6-18-12(8-16)13(17)10-4-3-9(14)7-11(10)15/h3-4,7,12-13H,2,5-6,8,16H2,1H3. The highest BCUT2D eigenvalue weighted by atomic mass is 35.5. The summed E-state index contributed by atoms with van der Waals surface area (Å²) in [4.78, 5) is 2.34. The van der Waals surface area contributed by atoms with Gasteiger partial charge in [-0.3, -0.25) is 4.90 Å². The smallest absolute Gasteiger partial charge is 0.0894 e. The first-order valence-corrected chi connectivity index (χ1v) is 6.93. The van der Waals surface area contributed by atoms with Crippen LogP contribution in [0.2, 0.25) is 10.0 Å². The summed E-state index contributed by atoms with van der Waals surface area (Å²) in [7, 11) is 0. The number of hydrogen-bond acceptors (Lipinski definition) is 3. The van der Waals surface area contributed by atoms with E-state index in [9.17, 15) is 0 Å². The van der Waals surface area contributed by atoms with Crippen LogP contribution in [0.15, 0.2) is 18.2 Å². The summed E-state index contributed by atoms with van der Waals surface area (Å²) in [5.41, 5.74) is 6.85. The van der Waals surface area contributed by atoms with Gasteiger partial charge in [-0.05, 0) is 24.2 Å². The molecule has 18 heavy (non-hydrogen) atoms. The van der Waals surface area contributed by atoms with Gasteiger partial charge in [-0.2, -0.15) is 0 Å². The van der Waals surface area contributed by atoms with Crippen LogP contribution in [-0.2, 0) is 4.74 Å². The van der Waals surface area contributed by atoms with E-state index in [1.165, 1.54) is 0 Å². The van der Waals surface area contributed by atoms with Crippen LogP contribution in [0.4, 0.5) is 0 Å². The van der Waals surface area contributed by atoms with Crippen LogP contribution in [0.3, 0.4) is 0 Å². The largest absolute Gasteiger partial charge is 0.374 e. The molecule has 1 aromatic rings. The van der Waals surface area contributed by atoms with Crippen LogP contribution < -0.4 is 5.73 Å². The first-order valence-electron chi connectivity index (χ1n) is 6.18. The molecule has 0 aliphatic carbocycles. The number of halogens is 2. The van der Waals surface area contributed by atoms with Gasteiger partial charge in [0.15, 0.2) is 0 Å². The van der Waals surface area contributed by atoms with Gasteiger partial charge in [0.2, 0.25) is 0 Å². The van der Waals surface area contributed by atoms with Crippen molar-refractivity contribution in [1.29, 1.82) is 0 Å². The summed E-state index contributed by atoms with van der Waals surface area (Å²) >= 11 is 12.2. The van der Waals surface area contributed by atoms with E-state index in [2.05, 4.69) is 11.8 Å². The maximum absolute atomic E-state index is 6.30. The third-order valence-electron chi connectivity index (χ3n) is 3.38. The lowest BCUT2D eigenvalue weighted by molar-refractivity contribution is -0.0658. The SMILES string of the molecule is CCN1CCOC(CN)C1c1ccc(Cl)cc1Cl. The van der Waals surface area contributed by atoms with E-state index in [1.54, 1.807) is 6.07 Å². The Labute approximate surface area is 118 Å². The molecule has 1 heterocycles. The molecule has 1 aliphatic rings. The van der Waals surface area contributed by atoms with E-state index in [-0.39, 0.29) is 12.1 Å². The van der Waals surface area contributed by atoms with Crippen molar-refractivity contribution in [2.75, 3.05) is 26.2 Å². The molecular formula is C13H18Cl2N2O. The van der Waals surface area contributed by atoms with E-state index < -0.39 is 0 Å². The first kappa shape index (κ1) is 14.1. The second kappa shape index (κ2) is 6.22. The van der Waals surface area contributed by atoms with Crippen LogP contribution >= 0.6 is 23.2 Å². The summed E-state index contributed by atoms with van der Waals surface area (Å²) in [6.45, 7) is 5.19. The highest BCUT2D eigenvalue weighted by Gasteiger charge is 2.33. The maximum atomic E-state index is 6.30. The second-order valence-electron chi connectivity index (χ2n) is 4.38. The van der Waals surface area contributed by atoms with Crippen LogP contribution in [0, 0.1) is 0 Å². The number of ether oxygens (including phenoxy) is 1. The summed E-state index contributed by atoms with van der Waals surface area (Å²) < 4.78 is 5.75. The number of hydrogen-bond donors (Lipinski definition) is 1. The molecule has 1 aliphatic heterocycles. The first-order chi connectivity index (χ1) is 8.67. The molecule has 2 N–H and O–H groups in total. The topological polar surface area (TPSA) is 38.5 Å². The summed E-state index contributed by atoms with van der Waals surface area (Å²) in [6.07, 6.45) is -0.0163. The number of rotatable bonds is 3. The van der Waals surface area contributed by atoms with E-state index in [4.69, 9.17) is 33.7 Å². The number of nitrogens with two attached hydrogens (primary N) is 1. The van der Waals surface area contributed by atoms with Crippen molar-refractivity contribution >= 4 is 23.2 Å². The fourth-order valence-corrected chi connectivity index (χ4v) is 3.00. The van der Waals surface area contributed by atoms with Crippen molar-refractivity contribution in [2.45, 2.75) is 19.1 Å². The summed E-state index contributed by atoms with van der Waals surface area (Å²) in [6, 6.07) is 5.71. The Bertz CT molecular complexity index is 402. The van der Waals surface area contributed by atoms with Gasteiger partial charge in [0.1, 0.15) is 0 Å². The molecule has 5 heteroatoms. The average molecular weight is 289 g/mol. The maximum Gasteiger partial charge on any atom is 0.0894 e. The lowest BCUT2D eigenvalue weighted by atomic mass is 9.98. The Balaban J connectivity index is 2.36. The van der Waals surface area contributed by atoms with Crippen molar-refractivity contribution < 1.29 is 4.74 Å². The minimum atomic E-state index is -0.0163. The highest BCUT2D eigenvalue weighted by molar-refractivity contribution is 6.35. The van der Waals surface area contributed by atoms with Crippen molar-refractivity contribution in [2.24, 2.45) is 5.73 Å². The molecule has 2 rings (SSSR count). The molecular weight excluding hydrogens is 271 g/mol. The fraction of sp³-hybridized carbons (Fsp3) is 0.538. The molecule has 0 aromatic heterocycles. The Kier molecular flexibility index (Phi) is 4.87. The lowest BCUT2D eigenvalue weighted by Crippen LogP contribution is -2.48. The van der Waals surface area contributed by atoms with Gasteiger partial charge >= 0.3 is 0 Å². The summed E-state index contributed by atoms with van der Waals surface area (Å²) in [5.74, 6) is 0. The molecule has 0 bridgehead atoms. The van der Waals surface area contributed by atoms with Gasteiger partial charge in [0, 0.05) is 23.1 Å². The van der Waals surface area contributed by atoms with Crippen molar-refractivity contribution in [3.05, 3.63) is 33.8 Å². The van der Waals surface area contributed by atoms with Crippen LogP contribution in [0.5, 0.6) is 0 Å². The third-order valence-corrected chi connectivity index (χ3v) is 3.94. The minimum absolute atomic E-state index is 0.0163. The van der Waals surface area contributed by atoms with E-state index >= 15 is 0 Å². The zero-order valence-corrected chi connectivity index (χ0v) is 11.9. The zero-order valence-electron chi connectivity index (χ0n) is 10.4. The normalized spacial score (nSPS) is 25.3. The van der Waals surface area contributed by atoms with Gasteiger partial charge in [0.25, 0.3) is 0 Å². The van der Waals surface area contributed by atoms with E-state index in [1.807, 2.05) is 12.1 Å². The molecule has 2 atom stereocenters. The fourth-order valence-electron chi connectivity index (χ4n) is 2.48. The average Bonchev–Trinajstić information content (AvgIpc) is 2.38. The van der Waals surface area contributed by atoms with Crippen molar-refractivity contribution in [3.63, 3.8) is 0 Å². The second-order valence-corrected chi connectivity index (χ2v) is 5.23.